The van der Waals surface area contributed by atoms with Crippen LogP contribution in [0.5, 0.6) is 0 Å². The van der Waals surface area contributed by atoms with Crippen molar-refractivity contribution in [2.24, 2.45) is 0 Å². The van der Waals surface area contributed by atoms with Crippen molar-refractivity contribution >= 4 is 11.6 Å². The molecule has 0 saturated carbocycles. The van der Waals surface area contributed by atoms with Gasteiger partial charge in [-0.25, -0.2) is 0 Å². The molecule has 0 fully saturated rings. The molecule has 0 aliphatic heterocycles. The molecule has 4 heteroatoms. The molecule has 0 spiro atoms. The molecule has 0 aliphatic carbocycles. The zero-order valence-corrected chi connectivity index (χ0v) is 11.2. The van der Waals surface area contributed by atoms with E-state index in [9.17, 15) is 4.79 Å². The number of amides is 1. The van der Waals surface area contributed by atoms with Gasteiger partial charge in [-0.2, -0.15) is 0 Å². The summed E-state index contributed by atoms with van der Waals surface area (Å²) < 4.78 is 4.95. The minimum atomic E-state index is 0.151. The summed E-state index contributed by atoms with van der Waals surface area (Å²) in [5, 5.41) is 0. The van der Waals surface area contributed by atoms with Crippen molar-refractivity contribution in [2.75, 3.05) is 26.0 Å². The number of nitrogen functional groups attached to an aromatic ring is 1. The number of nitrogens with two attached hydrogens (primary N) is 1. The first kappa shape index (κ1) is 14.5. The molecule has 0 aliphatic rings. The second-order valence-corrected chi connectivity index (χ2v) is 4.20. The number of benzene rings is 1. The Balaban J connectivity index is 2.56. The summed E-state index contributed by atoms with van der Waals surface area (Å²) in [6.07, 6.45) is 1.28. The van der Waals surface area contributed by atoms with Crippen molar-refractivity contribution < 1.29 is 9.53 Å². The lowest BCUT2D eigenvalue weighted by atomic mass is 10.1. The maximum Gasteiger partial charge on any atom is 0.222 e. The lowest BCUT2D eigenvalue weighted by Crippen LogP contribution is -2.30. The Morgan fingerprint density at radius 3 is 2.72 bits per heavy atom. The van der Waals surface area contributed by atoms with Crippen molar-refractivity contribution in [3.8, 4) is 0 Å². The van der Waals surface area contributed by atoms with E-state index in [1.807, 2.05) is 36.1 Å². The molecule has 4 nitrogen and oxygen atoms in total. The monoisotopic (exact) mass is 250 g/mol. The lowest BCUT2D eigenvalue weighted by molar-refractivity contribution is -0.131. The molecular formula is C14H22N2O2. The van der Waals surface area contributed by atoms with Crippen LogP contribution in [0.3, 0.4) is 0 Å². The topological polar surface area (TPSA) is 55.6 Å². The fourth-order valence-corrected chi connectivity index (χ4v) is 1.79. The number of carbonyl (C=O) groups is 1. The number of ether oxygens (including phenoxy) is 1. The SMILES string of the molecule is CCN(Cc1ccccc1N)C(=O)CCCOC. The van der Waals surface area contributed by atoms with Crippen LogP contribution in [0.25, 0.3) is 0 Å². The van der Waals surface area contributed by atoms with Crippen LogP contribution in [-0.2, 0) is 16.1 Å². The van der Waals surface area contributed by atoms with E-state index >= 15 is 0 Å². The minimum absolute atomic E-state index is 0.151. The molecule has 0 unspecified atom stereocenters. The summed E-state index contributed by atoms with van der Waals surface area (Å²) in [5.74, 6) is 0.151. The molecule has 0 saturated heterocycles. The highest BCUT2D eigenvalue weighted by molar-refractivity contribution is 5.76. The van der Waals surface area contributed by atoms with Gasteiger partial charge in [0.25, 0.3) is 0 Å². The van der Waals surface area contributed by atoms with Crippen molar-refractivity contribution in [1.82, 2.24) is 4.90 Å². The Kier molecular flexibility index (Phi) is 6.22. The first-order chi connectivity index (χ1) is 8.69. The van der Waals surface area contributed by atoms with Gasteiger partial charge in [-0.05, 0) is 25.0 Å². The van der Waals surface area contributed by atoms with Gasteiger partial charge >= 0.3 is 0 Å². The van der Waals surface area contributed by atoms with Crippen molar-refractivity contribution in [1.29, 1.82) is 0 Å². The first-order valence-corrected chi connectivity index (χ1v) is 6.29. The van der Waals surface area contributed by atoms with E-state index in [-0.39, 0.29) is 5.91 Å². The maximum atomic E-state index is 12.0. The number of hydrogen-bond donors (Lipinski definition) is 1. The van der Waals surface area contributed by atoms with Crippen LogP contribution >= 0.6 is 0 Å². The standard InChI is InChI=1S/C14H22N2O2/c1-3-16(14(17)9-6-10-18-2)11-12-7-4-5-8-13(12)15/h4-5,7-8H,3,6,9-11,15H2,1-2H3. The summed E-state index contributed by atoms with van der Waals surface area (Å²) >= 11 is 0. The molecule has 18 heavy (non-hydrogen) atoms. The second-order valence-electron chi connectivity index (χ2n) is 4.20. The van der Waals surface area contributed by atoms with Crippen LogP contribution < -0.4 is 5.73 Å². The van der Waals surface area contributed by atoms with Gasteiger partial charge in [0.15, 0.2) is 0 Å². The zero-order chi connectivity index (χ0) is 13.4. The normalized spacial score (nSPS) is 10.3. The molecule has 1 aromatic rings. The molecule has 0 atom stereocenters. The van der Waals surface area contributed by atoms with Gasteiger partial charge in [0.05, 0.1) is 0 Å². The molecule has 0 radical (unpaired) electrons. The number of hydrogen-bond acceptors (Lipinski definition) is 3. The summed E-state index contributed by atoms with van der Waals surface area (Å²) in [4.78, 5) is 13.8. The van der Waals surface area contributed by atoms with E-state index in [4.69, 9.17) is 10.5 Å². The van der Waals surface area contributed by atoms with Crippen LogP contribution in [0.4, 0.5) is 5.69 Å². The van der Waals surface area contributed by atoms with E-state index in [2.05, 4.69) is 0 Å². The Morgan fingerprint density at radius 1 is 1.39 bits per heavy atom. The van der Waals surface area contributed by atoms with E-state index in [1.165, 1.54) is 0 Å². The smallest absolute Gasteiger partial charge is 0.222 e. The second kappa shape index (κ2) is 7.71. The summed E-state index contributed by atoms with van der Waals surface area (Å²) in [5.41, 5.74) is 7.62. The van der Waals surface area contributed by atoms with Crippen LogP contribution in [0.1, 0.15) is 25.3 Å². The number of anilines is 1. The number of para-hydroxylation sites is 1. The molecule has 100 valence electrons. The predicted octanol–water partition coefficient (Wildman–Crippen LogP) is 2.04. The summed E-state index contributed by atoms with van der Waals surface area (Å²) in [6, 6.07) is 7.66. The molecule has 0 aromatic heterocycles. The molecule has 1 aromatic carbocycles. The highest BCUT2D eigenvalue weighted by Crippen LogP contribution is 2.14. The maximum absolute atomic E-state index is 12.0. The Bertz CT molecular complexity index is 380. The third kappa shape index (κ3) is 4.37. The van der Waals surface area contributed by atoms with E-state index in [1.54, 1.807) is 7.11 Å². The predicted molar refractivity (Wildman–Crippen MR) is 73.1 cm³/mol. The van der Waals surface area contributed by atoms with Crippen LogP contribution in [0, 0.1) is 0 Å². The highest BCUT2D eigenvalue weighted by Gasteiger charge is 2.12. The third-order valence-electron chi connectivity index (χ3n) is 2.89. The van der Waals surface area contributed by atoms with Gasteiger partial charge in [-0.3, -0.25) is 4.79 Å². The summed E-state index contributed by atoms with van der Waals surface area (Å²) in [7, 11) is 1.65. The summed E-state index contributed by atoms with van der Waals surface area (Å²) in [6.45, 7) is 3.87. The molecule has 1 amide bonds. The number of nitrogens with zero attached hydrogens (tertiary/aromatic N) is 1. The average molecular weight is 250 g/mol. The molecular weight excluding hydrogens is 228 g/mol. The molecule has 0 bridgehead atoms. The third-order valence-corrected chi connectivity index (χ3v) is 2.89. The first-order valence-electron chi connectivity index (χ1n) is 6.29. The van der Waals surface area contributed by atoms with Crippen molar-refractivity contribution in [3.63, 3.8) is 0 Å². The molecule has 2 N–H and O–H groups in total. The van der Waals surface area contributed by atoms with Crippen LogP contribution in [0.2, 0.25) is 0 Å². The number of methoxy groups -OCH3 is 1. The van der Waals surface area contributed by atoms with Gasteiger partial charge in [0, 0.05) is 38.9 Å². The van der Waals surface area contributed by atoms with E-state index < -0.39 is 0 Å². The van der Waals surface area contributed by atoms with Gasteiger partial charge in [0.1, 0.15) is 0 Å². The van der Waals surface area contributed by atoms with E-state index in [0.29, 0.717) is 26.1 Å². The molecule has 0 heterocycles. The molecule has 1 rings (SSSR count). The van der Waals surface area contributed by atoms with Crippen molar-refractivity contribution in [2.45, 2.75) is 26.3 Å². The number of carbonyl (C=O) groups excluding carboxylic acids is 1. The Morgan fingerprint density at radius 2 is 2.11 bits per heavy atom. The van der Waals surface area contributed by atoms with Crippen molar-refractivity contribution in [3.05, 3.63) is 29.8 Å². The fourth-order valence-electron chi connectivity index (χ4n) is 1.79. The van der Waals surface area contributed by atoms with Gasteiger partial charge in [-0.1, -0.05) is 18.2 Å². The van der Waals surface area contributed by atoms with E-state index in [0.717, 1.165) is 17.7 Å². The van der Waals surface area contributed by atoms with Gasteiger partial charge in [0.2, 0.25) is 5.91 Å². The largest absolute Gasteiger partial charge is 0.398 e. The average Bonchev–Trinajstić information content (AvgIpc) is 2.38. The highest BCUT2D eigenvalue weighted by atomic mass is 16.5. The minimum Gasteiger partial charge on any atom is -0.398 e. The Labute approximate surface area is 109 Å². The zero-order valence-electron chi connectivity index (χ0n) is 11.2. The number of rotatable bonds is 7. The fraction of sp³-hybridized carbons (Fsp3) is 0.500. The lowest BCUT2D eigenvalue weighted by Gasteiger charge is -2.21. The quantitative estimate of drug-likeness (QED) is 0.595. The van der Waals surface area contributed by atoms with Crippen LogP contribution in [0.15, 0.2) is 24.3 Å². The Hall–Kier alpha value is -1.55. The van der Waals surface area contributed by atoms with Gasteiger partial charge in [-0.15, -0.1) is 0 Å². The van der Waals surface area contributed by atoms with Gasteiger partial charge < -0.3 is 15.4 Å². The van der Waals surface area contributed by atoms with Crippen LogP contribution in [-0.4, -0.2) is 31.1 Å².